The zero-order valence-corrected chi connectivity index (χ0v) is 12.9. The number of hydrogen-bond donors (Lipinski definition) is 1. The molecule has 0 aliphatic heterocycles. The van der Waals surface area contributed by atoms with Crippen LogP contribution in [0.3, 0.4) is 0 Å². The van der Waals surface area contributed by atoms with Crippen molar-refractivity contribution in [2.45, 2.75) is 38.8 Å². The van der Waals surface area contributed by atoms with E-state index in [0.29, 0.717) is 5.92 Å². The SMILES string of the molecule is COc1ccccc1[C@H](C)NCc1ccc(C2CC2C)o1. The first-order valence-corrected chi connectivity index (χ1v) is 7.64. The lowest BCUT2D eigenvalue weighted by Gasteiger charge is -2.16. The predicted octanol–water partition coefficient (Wildman–Crippen LogP) is 4.26. The Hall–Kier alpha value is -1.74. The molecule has 0 bridgehead atoms. The van der Waals surface area contributed by atoms with Crippen molar-refractivity contribution >= 4 is 0 Å². The average Bonchev–Trinajstić information content (AvgIpc) is 3.06. The molecule has 2 aromatic rings. The van der Waals surface area contributed by atoms with E-state index in [0.717, 1.165) is 29.7 Å². The molecule has 2 unspecified atom stereocenters. The second-order valence-corrected chi connectivity index (χ2v) is 5.97. The zero-order valence-electron chi connectivity index (χ0n) is 12.9. The van der Waals surface area contributed by atoms with E-state index in [1.54, 1.807) is 7.11 Å². The van der Waals surface area contributed by atoms with E-state index in [4.69, 9.17) is 9.15 Å². The molecule has 1 heterocycles. The average molecular weight is 285 g/mol. The van der Waals surface area contributed by atoms with E-state index in [1.807, 2.05) is 18.2 Å². The van der Waals surface area contributed by atoms with E-state index >= 15 is 0 Å². The lowest BCUT2D eigenvalue weighted by molar-refractivity contribution is 0.395. The normalized spacial score (nSPS) is 22.0. The van der Waals surface area contributed by atoms with Crippen molar-refractivity contribution in [2.24, 2.45) is 5.92 Å². The maximum Gasteiger partial charge on any atom is 0.123 e. The Balaban J connectivity index is 1.60. The van der Waals surface area contributed by atoms with Crippen molar-refractivity contribution in [1.29, 1.82) is 0 Å². The fourth-order valence-electron chi connectivity index (χ4n) is 2.80. The zero-order chi connectivity index (χ0) is 14.8. The topological polar surface area (TPSA) is 34.4 Å². The fourth-order valence-corrected chi connectivity index (χ4v) is 2.80. The number of ether oxygens (including phenoxy) is 1. The van der Waals surface area contributed by atoms with Gasteiger partial charge in [0.2, 0.25) is 0 Å². The van der Waals surface area contributed by atoms with Crippen LogP contribution in [0.2, 0.25) is 0 Å². The Kier molecular flexibility index (Phi) is 4.02. The first-order chi connectivity index (χ1) is 10.2. The van der Waals surface area contributed by atoms with Gasteiger partial charge in [-0.2, -0.15) is 0 Å². The molecule has 112 valence electrons. The Labute approximate surface area is 126 Å². The summed E-state index contributed by atoms with van der Waals surface area (Å²) in [4.78, 5) is 0. The van der Waals surface area contributed by atoms with Gasteiger partial charge in [-0.05, 0) is 37.5 Å². The second-order valence-electron chi connectivity index (χ2n) is 5.97. The van der Waals surface area contributed by atoms with E-state index < -0.39 is 0 Å². The van der Waals surface area contributed by atoms with Crippen LogP contribution in [-0.4, -0.2) is 7.11 Å². The largest absolute Gasteiger partial charge is 0.496 e. The molecule has 1 fully saturated rings. The molecule has 1 aliphatic rings. The van der Waals surface area contributed by atoms with E-state index in [2.05, 4.69) is 37.4 Å². The fraction of sp³-hybridized carbons (Fsp3) is 0.444. The summed E-state index contributed by atoms with van der Waals surface area (Å²) in [6.07, 6.45) is 1.26. The minimum Gasteiger partial charge on any atom is -0.496 e. The van der Waals surface area contributed by atoms with Crippen molar-refractivity contribution < 1.29 is 9.15 Å². The van der Waals surface area contributed by atoms with Crippen LogP contribution in [0.5, 0.6) is 5.75 Å². The summed E-state index contributed by atoms with van der Waals surface area (Å²) >= 11 is 0. The molecule has 3 atom stereocenters. The van der Waals surface area contributed by atoms with Crippen molar-refractivity contribution in [2.75, 3.05) is 7.11 Å². The lowest BCUT2D eigenvalue weighted by atomic mass is 10.1. The van der Waals surface area contributed by atoms with Crippen LogP contribution in [0.15, 0.2) is 40.8 Å². The molecule has 1 aromatic heterocycles. The van der Waals surface area contributed by atoms with Crippen LogP contribution in [0, 0.1) is 5.92 Å². The van der Waals surface area contributed by atoms with Crippen molar-refractivity contribution in [3.05, 3.63) is 53.5 Å². The van der Waals surface area contributed by atoms with Crippen LogP contribution < -0.4 is 10.1 Å². The van der Waals surface area contributed by atoms with Gasteiger partial charge in [-0.15, -0.1) is 0 Å². The monoisotopic (exact) mass is 285 g/mol. The Morgan fingerprint density at radius 1 is 1.29 bits per heavy atom. The highest BCUT2D eigenvalue weighted by molar-refractivity contribution is 5.35. The highest BCUT2D eigenvalue weighted by Gasteiger charge is 2.36. The number of furan rings is 1. The maximum absolute atomic E-state index is 5.93. The van der Waals surface area contributed by atoms with Gasteiger partial charge in [0.05, 0.1) is 13.7 Å². The summed E-state index contributed by atoms with van der Waals surface area (Å²) in [5.41, 5.74) is 1.17. The highest BCUT2D eigenvalue weighted by Crippen LogP contribution is 2.47. The Morgan fingerprint density at radius 3 is 2.76 bits per heavy atom. The van der Waals surface area contributed by atoms with Gasteiger partial charge in [0.25, 0.3) is 0 Å². The molecule has 0 radical (unpaired) electrons. The molecule has 0 amide bonds. The molecular formula is C18H23NO2. The minimum absolute atomic E-state index is 0.217. The third-order valence-corrected chi connectivity index (χ3v) is 4.35. The summed E-state index contributed by atoms with van der Waals surface area (Å²) in [5, 5.41) is 3.50. The third-order valence-electron chi connectivity index (χ3n) is 4.35. The molecule has 3 heteroatoms. The standard InChI is InChI=1S/C18H23NO2/c1-12-10-16(12)18-9-8-14(21-18)11-19-13(2)15-6-4-5-7-17(15)20-3/h4-9,12-13,16,19H,10-11H2,1-3H3/t12?,13-,16?/m0/s1. The van der Waals surface area contributed by atoms with Gasteiger partial charge in [-0.3, -0.25) is 0 Å². The van der Waals surface area contributed by atoms with Gasteiger partial charge in [-0.1, -0.05) is 25.1 Å². The molecule has 1 aromatic carbocycles. The van der Waals surface area contributed by atoms with Crippen molar-refractivity contribution in [1.82, 2.24) is 5.32 Å². The van der Waals surface area contributed by atoms with Crippen molar-refractivity contribution in [3.8, 4) is 5.75 Å². The third kappa shape index (κ3) is 3.13. The summed E-state index contributed by atoms with van der Waals surface area (Å²) in [6, 6.07) is 12.5. The molecule has 0 spiro atoms. The Bertz CT molecular complexity index is 605. The number of benzene rings is 1. The van der Waals surface area contributed by atoms with Crippen LogP contribution in [-0.2, 0) is 6.54 Å². The minimum atomic E-state index is 0.217. The number of rotatable bonds is 6. The number of methoxy groups -OCH3 is 1. The van der Waals surface area contributed by atoms with Crippen LogP contribution in [0.4, 0.5) is 0 Å². The van der Waals surface area contributed by atoms with E-state index in [1.165, 1.54) is 12.0 Å². The number of nitrogens with one attached hydrogen (secondary N) is 1. The molecule has 21 heavy (non-hydrogen) atoms. The van der Waals surface area contributed by atoms with E-state index in [9.17, 15) is 0 Å². The predicted molar refractivity (Wildman–Crippen MR) is 83.5 cm³/mol. The van der Waals surface area contributed by atoms with Gasteiger partial charge >= 0.3 is 0 Å². The van der Waals surface area contributed by atoms with Crippen LogP contribution >= 0.6 is 0 Å². The smallest absolute Gasteiger partial charge is 0.123 e. The molecule has 1 aliphatic carbocycles. The quantitative estimate of drug-likeness (QED) is 0.861. The molecule has 0 saturated heterocycles. The molecule has 3 rings (SSSR count). The van der Waals surface area contributed by atoms with E-state index in [-0.39, 0.29) is 6.04 Å². The maximum atomic E-state index is 5.93. The van der Waals surface area contributed by atoms with Crippen LogP contribution in [0.25, 0.3) is 0 Å². The first kappa shape index (κ1) is 14.2. The number of para-hydroxylation sites is 1. The molecule has 1 saturated carbocycles. The van der Waals surface area contributed by atoms with Crippen LogP contribution in [0.1, 0.15) is 49.3 Å². The summed E-state index contributed by atoms with van der Waals surface area (Å²) in [6.45, 7) is 5.15. The summed E-state index contributed by atoms with van der Waals surface area (Å²) in [5.74, 6) is 4.49. The van der Waals surface area contributed by atoms with Gasteiger partial charge in [0, 0.05) is 17.5 Å². The molecular weight excluding hydrogens is 262 g/mol. The van der Waals surface area contributed by atoms with Gasteiger partial charge in [0.1, 0.15) is 17.3 Å². The molecule has 3 nitrogen and oxygen atoms in total. The first-order valence-electron chi connectivity index (χ1n) is 7.64. The summed E-state index contributed by atoms with van der Waals surface area (Å²) < 4.78 is 11.3. The summed E-state index contributed by atoms with van der Waals surface area (Å²) in [7, 11) is 1.71. The van der Waals surface area contributed by atoms with Gasteiger partial charge in [-0.25, -0.2) is 0 Å². The second kappa shape index (κ2) is 5.94. The lowest BCUT2D eigenvalue weighted by Crippen LogP contribution is -2.18. The van der Waals surface area contributed by atoms with Crippen molar-refractivity contribution in [3.63, 3.8) is 0 Å². The molecule has 1 N–H and O–H groups in total. The highest BCUT2D eigenvalue weighted by atomic mass is 16.5. The number of hydrogen-bond acceptors (Lipinski definition) is 3. The van der Waals surface area contributed by atoms with Gasteiger partial charge in [0.15, 0.2) is 0 Å². The van der Waals surface area contributed by atoms with Gasteiger partial charge < -0.3 is 14.5 Å². The Morgan fingerprint density at radius 2 is 2.05 bits per heavy atom.